The molecule has 6 heteroatoms. The predicted molar refractivity (Wildman–Crippen MR) is 122 cm³/mol. The Morgan fingerprint density at radius 3 is 2.44 bits per heavy atom. The van der Waals surface area contributed by atoms with Gasteiger partial charge >= 0.3 is 0 Å². The Morgan fingerprint density at radius 1 is 0.963 bits per heavy atom. The van der Waals surface area contributed by atoms with Crippen LogP contribution >= 0.6 is 24.0 Å². The Balaban J connectivity index is 0.00000364. The average molecular weight is 483 g/mol. The number of aliphatic imine (C=N–C) groups is 1. The molecule has 0 aliphatic rings. The minimum absolute atomic E-state index is 0. The van der Waals surface area contributed by atoms with E-state index < -0.39 is 0 Å². The first-order valence-corrected chi connectivity index (χ1v) is 9.01. The highest BCUT2D eigenvalue weighted by molar-refractivity contribution is 14.0. The first kappa shape index (κ1) is 23.2. The summed E-state index contributed by atoms with van der Waals surface area (Å²) in [5.41, 5.74) is 2.32. The summed E-state index contributed by atoms with van der Waals surface area (Å²) in [6.07, 6.45) is 2.05. The molecule has 0 fully saturated rings. The third-order valence-corrected chi connectivity index (χ3v) is 3.98. The molecule has 0 aliphatic carbocycles. The number of ether oxygens (including phenoxy) is 2. The molecule has 0 bridgehead atoms. The molecular formula is C21H30IN3O2. The number of rotatable bonds is 10. The van der Waals surface area contributed by atoms with E-state index in [-0.39, 0.29) is 24.0 Å². The van der Waals surface area contributed by atoms with Gasteiger partial charge in [-0.05, 0) is 24.5 Å². The van der Waals surface area contributed by atoms with Crippen LogP contribution in [0.3, 0.4) is 0 Å². The molecule has 5 nitrogen and oxygen atoms in total. The fourth-order valence-electron chi connectivity index (χ4n) is 2.55. The van der Waals surface area contributed by atoms with Crippen molar-refractivity contribution in [3.8, 4) is 5.75 Å². The van der Waals surface area contributed by atoms with E-state index in [9.17, 15) is 0 Å². The normalized spacial score (nSPS) is 10.8. The quantitative estimate of drug-likeness (QED) is 0.233. The SMILES string of the molecule is CN=C(NCCCCOCc1ccccc1)NCc1ccccc1OC.I. The van der Waals surface area contributed by atoms with E-state index in [1.165, 1.54) is 5.56 Å². The molecule has 2 aromatic rings. The highest BCUT2D eigenvalue weighted by Gasteiger charge is 2.03. The van der Waals surface area contributed by atoms with Gasteiger partial charge in [0.1, 0.15) is 5.75 Å². The van der Waals surface area contributed by atoms with Crippen LogP contribution in [0, 0.1) is 0 Å². The maximum Gasteiger partial charge on any atom is 0.191 e. The number of guanidine groups is 1. The summed E-state index contributed by atoms with van der Waals surface area (Å²) in [5, 5.41) is 6.64. The second-order valence-corrected chi connectivity index (χ2v) is 5.91. The van der Waals surface area contributed by atoms with Crippen LogP contribution in [0.25, 0.3) is 0 Å². The highest BCUT2D eigenvalue weighted by atomic mass is 127. The Bertz CT molecular complexity index is 665. The van der Waals surface area contributed by atoms with E-state index in [0.29, 0.717) is 13.2 Å². The van der Waals surface area contributed by atoms with Gasteiger partial charge in [-0.25, -0.2) is 0 Å². The molecule has 0 amide bonds. The number of unbranched alkanes of at least 4 members (excludes halogenated alkanes) is 1. The zero-order chi connectivity index (χ0) is 18.5. The van der Waals surface area contributed by atoms with Crippen LogP contribution in [-0.4, -0.2) is 33.3 Å². The molecule has 27 heavy (non-hydrogen) atoms. The molecule has 0 atom stereocenters. The lowest BCUT2D eigenvalue weighted by atomic mass is 10.2. The zero-order valence-electron chi connectivity index (χ0n) is 16.1. The zero-order valence-corrected chi connectivity index (χ0v) is 18.4. The number of nitrogens with one attached hydrogen (secondary N) is 2. The Labute approximate surface area is 179 Å². The number of benzene rings is 2. The van der Waals surface area contributed by atoms with Gasteiger partial charge in [0, 0.05) is 32.3 Å². The van der Waals surface area contributed by atoms with Crippen molar-refractivity contribution in [3.63, 3.8) is 0 Å². The highest BCUT2D eigenvalue weighted by Crippen LogP contribution is 2.16. The smallest absolute Gasteiger partial charge is 0.191 e. The molecule has 0 aliphatic heterocycles. The second-order valence-electron chi connectivity index (χ2n) is 5.91. The molecule has 0 radical (unpaired) electrons. The summed E-state index contributed by atoms with van der Waals surface area (Å²) < 4.78 is 11.1. The van der Waals surface area contributed by atoms with Crippen LogP contribution in [-0.2, 0) is 17.9 Å². The number of hydrogen-bond acceptors (Lipinski definition) is 3. The first-order valence-electron chi connectivity index (χ1n) is 9.01. The van der Waals surface area contributed by atoms with E-state index in [1.54, 1.807) is 14.2 Å². The second kappa shape index (κ2) is 14.3. The third-order valence-electron chi connectivity index (χ3n) is 3.98. The molecule has 0 heterocycles. The van der Waals surface area contributed by atoms with Crippen molar-refractivity contribution < 1.29 is 9.47 Å². The molecule has 0 spiro atoms. The molecule has 2 rings (SSSR count). The maximum absolute atomic E-state index is 5.70. The molecule has 0 saturated heterocycles. The van der Waals surface area contributed by atoms with Gasteiger partial charge in [0.05, 0.1) is 13.7 Å². The fraction of sp³-hybridized carbons (Fsp3) is 0.381. The fourth-order valence-corrected chi connectivity index (χ4v) is 2.55. The van der Waals surface area contributed by atoms with Gasteiger partial charge in [-0.1, -0.05) is 48.5 Å². The van der Waals surface area contributed by atoms with Gasteiger partial charge in [-0.2, -0.15) is 0 Å². The van der Waals surface area contributed by atoms with Crippen molar-refractivity contribution in [2.75, 3.05) is 27.3 Å². The van der Waals surface area contributed by atoms with Crippen molar-refractivity contribution in [2.45, 2.75) is 26.0 Å². The van der Waals surface area contributed by atoms with E-state index >= 15 is 0 Å². The van der Waals surface area contributed by atoms with Crippen LogP contribution in [0.2, 0.25) is 0 Å². The summed E-state index contributed by atoms with van der Waals surface area (Å²) >= 11 is 0. The summed E-state index contributed by atoms with van der Waals surface area (Å²) in [4.78, 5) is 4.25. The van der Waals surface area contributed by atoms with Gasteiger partial charge in [0.25, 0.3) is 0 Å². The Hall–Kier alpha value is -1.80. The minimum Gasteiger partial charge on any atom is -0.496 e. The summed E-state index contributed by atoms with van der Waals surface area (Å²) in [7, 11) is 3.46. The molecular weight excluding hydrogens is 453 g/mol. The Kier molecular flexibility index (Phi) is 12.3. The van der Waals surface area contributed by atoms with Gasteiger partial charge in [-0.15, -0.1) is 24.0 Å². The molecule has 148 valence electrons. The van der Waals surface area contributed by atoms with Crippen LogP contribution < -0.4 is 15.4 Å². The lowest BCUT2D eigenvalue weighted by molar-refractivity contribution is 0.117. The number of nitrogens with zero attached hydrogens (tertiary/aromatic N) is 1. The van der Waals surface area contributed by atoms with Crippen LogP contribution in [0.5, 0.6) is 5.75 Å². The van der Waals surface area contributed by atoms with Crippen molar-refractivity contribution in [1.29, 1.82) is 0 Å². The van der Waals surface area contributed by atoms with Crippen molar-refractivity contribution in [2.24, 2.45) is 4.99 Å². The standard InChI is InChI=1S/C21H29N3O2.HI/c1-22-21(24-16-19-12-6-7-13-20(19)25-2)23-14-8-9-15-26-17-18-10-4-3-5-11-18;/h3-7,10-13H,8-9,14-17H2,1-2H3,(H2,22,23,24);1H. The molecule has 2 N–H and O–H groups in total. The van der Waals surface area contributed by atoms with E-state index in [2.05, 4.69) is 27.8 Å². The van der Waals surface area contributed by atoms with Crippen LogP contribution in [0.4, 0.5) is 0 Å². The van der Waals surface area contributed by atoms with E-state index in [0.717, 1.165) is 43.3 Å². The van der Waals surface area contributed by atoms with Crippen LogP contribution in [0.15, 0.2) is 59.6 Å². The van der Waals surface area contributed by atoms with Gasteiger partial charge in [0.15, 0.2) is 5.96 Å². The third kappa shape index (κ3) is 9.10. The number of methoxy groups -OCH3 is 1. The lowest BCUT2D eigenvalue weighted by Crippen LogP contribution is -2.37. The van der Waals surface area contributed by atoms with Crippen molar-refractivity contribution in [1.82, 2.24) is 10.6 Å². The first-order chi connectivity index (χ1) is 12.8. The summed E-state index contributed by atoms with van der Waals surface area (Å²) in [6, 6.07) is 18.2. The lowest BCUT2D eigenvalue weighted by Gasteiger charge is -2.13. The van der Waals surface area contributed by atoms with E-state index in [1.807, 2.05) is 42.5 Å². The van der Waals surface area contributed by atoms with Gasteiger partial charge < -0.3 is 20.1 Å². The predicted octanol–water partition coefficient (Wildman–Crippen LogP) is 3.98. The number of para-hydroxylation sites is 1. The minimum atomic E-state index is 0. The Morgan fingerprint density at radius 2 is 1.70 bits per heavy atom. The van der Waals surface area contributed by atoms with Gasteiger partial charge in [0.2, 0.25) is 0 Å². The molecule has 0 saturated carbocycles. The number of hydrogen-bond donors (Lipinski definition) is 2. The maximum atomic E-state index is 5.70. The molecule has 0 aromatic heterocycles. The van der Waals surface area contributed by atoms with E-state index in [4.69, 9.17) is 9.47 Å². The van der Waals surface area contributed by atoms with Gasteiger partial charge in [-0.3, -0.25) is 4.99 Å². The summed E-state index contributed by atoms with van der Waals surface area (Å²) in [6.45, 7) is 2.98. The monoisotopic (exact) mass is 483 g/mol. The van der Waals surface area contributed by atoms with Crippen LogP contribution in [0.1, 0.15) is 24.0 Å². The topological polar surface area (TPSA) is 54.9 Å². The largest absolute Gasteiger partial charge is 0.496 e. The molecule has 0 unspecified atom stereocenters. The molecule has 2 aromatic carbocycles. The van der Waals surface area contributed by atoms with Crippen molar-refractivity contribution in [3.05, 3.63) is 65.7 Å². The number of halogens is 1. The van der Waals surface area contributed by atoms with Crippen molar-refractivity contribution >= 4 is 29.9 Å². The average Bonchev–Trinajstić information content (AvgIpc) is 2.70. The summed E-state index contributed by atoms with van der Waals surface area (Å²) in [5.74, 6) is 1.67.